The summed E-state index contributed by atoms with van der Waals surface area (Å²) in [6, 6.07) is 109. The Kier molecular flexibility index (Phi) is 9.90. The zero-order chi connectivity index (χ0) is 49.5. The van der Waals surface area contributed by atoms with E-state index in [1.54, 1.807) is 0 Å². The topological polar surface area (TPSA) is 0 Å². The number of benzene rings is 14. The first-order chi connectivity index (χ1) is 37.2. The molecule has 0 N–H and O–H groups in total. The smallest absolute Gasteiger partial charge is 0.0622 e. The van der Waals surface area contributed by atoms with Gasteiger partial charge in [-0.2, -0.15) is 0 Å². The van der Waals surface area contributed by atoms with Crippen molar-refractivity contribution < 1.29 is 0 Å². The first kappa shape index (κ1) is 43.0. The minimum absolute atomic E-state index is 0.610. The molecule has 0 bridgehead atoms. The second-order valence-corrected chi connectivity index (χ2v) is 20.2. The molecule has 348 valence electrons. The molecular weight excluding hydrogens is 901 g/mol. The largest absolute Gasteiger partial charge is 0.0719 e. The van der Waals surface area contributed by atoms with Crippen molar-refractivity contribution in [2.24, 2.45) is 0 Å². The first-order valence-corrected chi connectivity index (χ1v) is 26.1. The Hall–Kier alpha value is -9.62. The van der Waals surface area contributed by atoms with Crippen LogP contribution in [0, 0.1) is 0 Å². The molecule has 14 aromatic carbocycles. The third-order valence-electron chi connectivity index (χ3n) is 16.3. The monoisotopic (exact) mass is 948 g/mol. The van der Waals surface area contributed by atoms with Gasteiger partial charge in [0.2, 0.25) is 0 Å². The van der Waals surface area contributed by atoms with Crippen LogP contribution in [0.2, 0.25) is 0 Å². The molecule has 0 saturated heterocycles. The molecule has 0 saturated carbocycles. The second kappa shape index (κ2) is 17.3. The molecule has 0 nitrogen and oxygen atoms in total. The molecule has 15 rings (SSSR count). The summed E-state index contributed by atoms with van der Waals surface area (Å²) in [7, 11) is 0. The van der Waals surface area contributed by atoms with Crippen molar-refractivity contribution in [3.8, 4) is 66.8 Å². The van der Waals surface area contributed by atoms with Crippen LogP contribution in [-0.2, 0) is 5.41 Å². The van der Waals surface area contributed by atoms with Crippen LogP contribution in [0.25, 0.3) is 121 Å². The van der Waals surface area contributed by atoms with E-state index in [1.165, 1.54) is 143 Å². The zero-order valence-corrected chi connectivity index (χ0v) is 41.2. The van der Waals surface area contributed by atoms with Gasteiger partial charge in [0.25, 0.3) is 0 Å². The molecule has 0 heterocycles. The van der Waals surface area contributed by atoms with Crippen LogP contribution >= 0.6 is 0 Å². The average Bonchev–Trinajstić information content (AvgIpc) is 3.78. The molecule has 0 fully saturated rings. The molecule has 0 heteroatoms. The highest BCUT2D eigenvalue weighted by atomic mass is 14.5. The van der Waals surface area contributed by atoms with Crippen LogP contribution < -0.4 is 0 Å². The Labute approximate surface area is 437 Å². The Morgan fingerprint density at radius 3 is 1.33 bits per heavy atom. The van der Waals surface area contributed by atoms with Gasteiger partial charge in [-0.25, -0.2) is 0 Å². The van der Waals surface area contributed by atoms with Crippen LogP contribution in [0.5, 0.6) is 0 Å². The van der Waals surface area contributed by atoms with Crippen molar-refractivity contribution in [3.05, 3.63) is 313 Å². The average molecular weight is 949 g/mol. The van der Waals surface area contributed by atoms with Crippen molar-refractivity contribution in [2.75, 3.05) is 0 Å². The van der Waals surface area contributed by atoms with E-state index in [2.05, 4.69) is 291 Å². The maximum absolute atomic E-state index is 2.55. The number of fused-ring (bicyclic) bond motifs is 8. The number of hydrogen-bond acceptors (Lipinski definition) is 0. The molecule has 1 aliphatic rings. The van der Waals surface area contributed by atoms with Crippen molar-refractivity contribution >= 4 is 53.9 Å². The number of hydrogen-bond donors (Lipinski definition) is 0. The van der Waals surface area contributed by atoms with Crippen molar-refractivity contribution in [3.63, 3.8) is 0 Å². The minimum Gasteiger partial charge on any atom is -0.0622 e. The Balaban J connectivity index is 0.971. The van der Waals surface area contributed by atoms with Crippen LogP contribution in [-0.4, -0.2) is 0 Å². The Morgan fingerprint density at radius 1 is 0.187 bits per heavy atom. The van der Waals surface area contributed by atoms with Gasteiger partial charge in [0, 0.05) is 0 Å². The molecule has 75 heavy (non-hydrogen) atoms. The summed E-state index contributed by atoms with van der Waals surface area (Å²) in [6.45, 7) is 0. The van der Waals surface area contributed by atoms with Gasteiger partial charge in [0.1, 0.15) is 0 Å². The van der Waals surface area contributed by atoms with E-state index in [4.69, 9.17) is 0 Å². The number of rotatable bonds is 7. The van der Waals surface area contributed by atoms with Gasteiger partial charge in [-0.1, -0.05) is 261 Å². The lowest BCUT2D eigenvalue weighted by Crippen LogP contribution is -2.29. The Bertz CT molecular complexity index is 4460. The van der Waals surface area contributed by atoms with Crippen LogP contribution in [0.3, 0.4) is 0 Å². The SMILES string of the molecule is c1ccc(-c2cc(-c3ccccc3)cc(-c3ccc(-c4c5ccccc5c(-c5ccc6c(c5)C(c5ccc7ccccc7c5)(c5cccc7ccccc57)c5ccccc5-6)c5ccccc45)c4ccccc34)c2)cc1. The standard InChI is InChI=1S/C75H48/c1-3-20-49(21-4-1)55-44-56(50-22-5-2-6-23-50)46-57(45-55)59-42-43-69(62-30-12-11-29-61(59)62)74-67-34-15-13-32-65(67)73(66-33-14-16-35-68(66)74)54-39-41-64-63-31-17-18-36-71(63)75(72(64)48-54,58-40-38-51-24-7-8-26-53(51)47-58)70-37-19-27-52-25-9-10-28-60(52)70/h1-48H. The van der Waals surface area contributed by atoms with Crippen molar-refractivity contribution in [2.45, 2.75) is 5.41 Å². The Morgan fingerprint density at radius 2 is 0.653 bits per heavy atom. The molecule has 1 atom stereocenters. The van der Waals surface area contributed by atoms with Gasteiger partial charge in [-0.05, 0) is 173 Å². The molecule has 0 aromatic heterocycles. The van der Waals surface area contributed by atoms with Gasteiger partial charge in [0.05, 0.1) is 5.41 Å². The third-order valence-corrected chi connectivity index (χ3v) is 16.3. The summed E-state index contributed by atoms with van der Waals surface area (Å²) in [4.78, 5) is 0. The van der Waals surface area contributed by atoms with Crippen LogP contribution in [0.4, 0.5) is 0 Å². The van der Waals surface area contributed by atoms with E-state index >= 15 is 0 Å². The molecule has 1 aliphatic carbocycles. The lowest BCUT2D eigenvalue weighted by molar-refractivity contribution is 0.778. The van der Waals surface area contributed by atoms with E-state index in [0.717, 1.165) is 0 Å². The minimum atomic E-state index is -0.610. The highest BCUT2D eigenvalue weighted by Crippen LogP contribution is 2.59. The van der Waals surface area contributed by atoms with Gasteiger partial charge in [0.15, 0.2) is 0 Å². The maximum Gasteiger partial charge on any atom is 0.0719 e. The van der Waals surface area contributed by atoms with Crippen LogP contribution in [0.15, 0.2) is 291 Å². The van der Waals surface area contributed by atoms with Gasteiger partial charge in [-0.15, -0.1) is 0 Å². The maximum atomic E-state index is 2.55. The van der Waals surface area contributed by atoms with E-state index in [-0.39, 0.29) is 0 Å². The molecule has 1 unspecified atom stereocenters. The molecule has 0 aliphatic heterocycles. The molecule has 14 aromatic rings. The quantitative estimate of drug-likeness (QED) is 0.140. The normalized spacial score (nSPS) is 13.9. The van der Waals surface area contributed by atoms with E-state index in [1.807, 2.05) is 0 Å². The lowest BCUT2D eigenvalue weighted by Gasteiger charge is -2.35. The lowest BCUT2D eigenvalue weighted by atomic mass is 9.66. The highest BCUT2D eigenvalue weighted by molar-refractivity contribution is 6.24. The van der Waals surface area contributed by atoms with Gasteiger partial charge < -0.3 is 0 Å². The molecule has 0 radical (unpaired) electrons. The van der Waals surface area contributed by atoms with Crippen molar-refractivity contribution in [1.82, 2.24) is 0 Å². The van der Waals surface area contributed by atoms with E-state index in [9.17, 15) is 0 Å². The third kappa shape index (κ3) is 6.70. The first-order valence-electron chi connectivity index (χ1n) is 26.1. The molecule has 0 spiro atoms. The summed E-state index contributed by atoms with van der Waals surface area (Å²) in [5.74, 6) is 0. The molecule has 0 amide bonds. The summed E-state index contributed by atoms with van der Waals surface area (Å²) in [5.41, 5.74) is 19.3. The highest BCUT2D eigenvalue weighted by Gasteiger charge is 2.47. The van der Waals surface area contributed by atoms with E-state index < -0.39 is 5.41 Å². The van der Waals surface area contributed by atoms with Crippen molar-refractivity contribution in [1.29, 1.82) is 0 Å². The van der Waals surface area contributed by atoms with Gasteiger partial charge in [-0.3, -0.25) is 0 Å². The fourth-order valence-electron chi connectivity index (χ4n) is 13.0. The fourth-order valence-corrected chi connectivity index (χ4v) is 13.0. The summed E-state index contributed by atoms with van der Waals surface area (Å²) >= 11 is 0. The summed E-state index contributed by atoms with van der Waals surface area (Å²) < 4.78 is 0. The zero-order valence-electron chi connectivity index (χ0n) is 41.2. The predicted octanol–water partition coefficient (Wildman–Crippen LogP) is 20.2. The fraction of sp³-hybridized carbons (Fsp3) is 0.0133. The molecular formula is C75H48. The summed E-state index contributed by atoms with van der Waals surface area (Å²) in [5, 5.41) is 12.4. The van der Waals surface area contributed by atoms with E-state index in [0.29, 0.717) is 0 Å². The van der Waals surface area contributed by atoms with Gasteiger partial charge >= 0.3 is 0 Å². The van der Waals surface area contributed by atoms with Crippen LogP contribution in [0.1, 0.15) is 22.3 Å². The second-order valence-electron chi connectivity index (χ2n) is 20.2. The summed E-state index contributed by atoms with van der Waals surface area (Å²) in [6.07, 6.45) is 0. The predicted molar refractivity (Wildman–Crippen MR) is 318 cm³/mol.